The molecule has 4 heteroatoms. The lowest BCUT2D eigenvalue weighted by Crippen LogP contribution is -2.38. The van der Waals surface area contributed by atoms with E-state index in [0.29, 0.717) is 0 Å². The minimum absolute atomic E-state index is 0.00186. The fourth-order valence-electron chi connectivity index (χ4n) is 3.09. The Balaban J connectivity index is 2.18. The van der Waals surface area contributed by atoms with Crippen LogP contribution in [0.2, 0.25) is 0 Å². The first-order chi connectivity index (χ1) is 12.3. The summed E-state index contributed by atoms with van der Waals surface area (Å²) in [5, 5.41) is 0. The third-order valence-corrected chi connectivity index (χ3v) is 4.40. The number of benzene rings is 1. The zero-order valence-corrected chi connectivity index (χ0v) is 15.3. The Morgan fingerprint density at radius 2 is 1.96 bits per heavy atom. The van der Waals surface area contributed by atoms with Gasteiger partial charge >= 0.3 is 0 Å². The molecule has 1 aliphatic rings. The van der Waals surface area contributed by atoms with Crippen molar-refractivity contribution >= 4 is 6.08 Å². The molecule has 0 radical (unpaired) electrons. The van der Waals surface area contributed by atoms with Crippen molar-refractivity contribution in [2.75, 3.05) is 20.8 Å². The number of ether oxygens (including phenoxy) is 4. The molecule has 0 aliphatic carbocycles. The molecular formula is C21H30O4. The Hall–Kier alpha value is -1.46. The van der Waals surface area contributed by atoms with Crippen molar-refractivity contribution in [2.24, 2.45) is 5.92 Å². The summed E-state index contributed by atoms with van der Waals surface area (Å²) in [5.74, 6) is -0.00186. The lowest BCUT2D eigenvalue weighted by atomic mass is 9.96. The summed E-state index contributed by atoms with van der Waals surface area (Å²) in [6.45, 7) is 4.63. The van der Waals surface area contributed by atoms with Crippen molar-refractivity contribution in [1.29, 1.82) is 0 Å². The van der Waals surface area contributed by atoms with Gasteiger partial charge in [-0.2, -0.15) is 0 Å². The van der Waals surface area contributed by atoms with E-state index in [4.69, 9.17) is 18.9 Å². The summed E-state index contributed by atoms with van der Waals surface area (Å²) < 4.78 is 23.1. The van der Waals surface area contributed by atoms with Crippen molar-refractivity contribution in [3.63, 3.8) is 0 Å². The van der Waals surface area contributed by atoms with Gasteiger partial charge in [-0.15, -0.1) is 6.58 Å². The average Bonchev–Trinajstić information content (AvgIpc) is 2.67. The van der Waals surface area contributed by atoms with E-state index in [-0.39, 0.29) is 24.6 Å². The Bertz CT molecular complexity index is 504. The molecule has 0 spiro atoms. The molecule has 0 saturated carbocycles. The van der Waals surface area contributed by atoms with E-state index in [0.717, 1.165) is 37.9 Å². The molecule has 2 rings (SSSR count). The molecule has 0 bridgehead atoms. The number of hydrogen-bond donors (Lipinski definition) is 0. The first-order valence-electron chi connectivity index (χ1n) is 8.95. The van der Waals surface area contributed by atoms with Gasteiger partial charge < -0.3 is 18.9 Å². The number of allylic oxidation sites excluding steroid dienone is 1. The average molecular weight is 346 g/mol. The van der Waals surface area contributed by atoms with Crippen LogP contribution in [0.3, 0.4) is 0 Å². The molecule has 1 unspecified atom stereocenters. The van der Waals surface area contributed by atoms with Crippen LogP contribution >= 0.6 is 0 Å². The fourth-order valence-corrected chi connectivity index (χ4v) is 3.09. The van der Waals surface area contributed by atoms with Gasteiger partial charge in [0.15, 0.2) is 12.6 Å². The van der Waals surface area contributed by atoms with E-state index in [1.54, 1.807) is 14.2 Å². The van der Waals surface area contributed by atoms with Crippen LogP contribution in [0.5, 0.6) is 0 Å². The topological polar surface area (TPSA) is 36.9 Å². The zero-order valence-electron chi connectivity index (χ0n) is 15.3. The highest BCUT2D eigenvalue weighted by Gasteiger charge is 2.31. The molecular weight excluding hydrogens is 316 g/mol. The van der Waals surface area contributed by atoms with Gasteiger partial charge in [-0.25, -0.2) is 0 Å². The van der Waals surface area contributed by atoms with Gasteiger partial charge in [-0.1, -0.05) is 48.6 Å². The van der Waals surface area contributed by atoms with Crippen molar-refractivity contribution < 1.29 is 18.9 Å². The molecule has 25 heavy (non-hydrogen) atoms. The van der Waals surface area contributed by atoms with Gasteiger partial charge in [-0.05, 0) is 31.2 Å². The number of methoxy groups -OCH3 is 2. The number of hydrogen-bond acceptors (Lipinski definition) is 4. The molecule has 0 amide bonds. The molecule has 3 atom stereocenters. The Labute approximate surface area is 151 Å². The van der Waals surface area contributed by atoms with Crippen LogP contribution in [-0.2, 0) is 18.9 Å². The van der Waals surface area contributed by atoms with Gasteiger partial charge in [0.05, 0.1) is 6.10 Å². The lowest BCUT2D eigenvalue weighted by Gasteiger charge is -2.33. The van der Waals surface area contributed by atoms with Crippen LogP contribution in [0.4, 0.5) is 0 Å². The largest absolute Gasteiger partial charge is 0.355 e. The second-order valence-corrected chi connectivity index (χ2v) is 6.19. The van der Waals surface area contributed by atoms with Crippen LogP contribution in [0.25, 0.3) is 6.08 Å². The summed E-state index contributed by atoms with van der Waals surface area (Å²) in [6.07, 6.45) is 9.16. The van der Waals surface area contributed by atoms with Crippen molar-refractivity contribution in [2.45, 2.75) is 44.4 Å². The third kappa shape index (κ3) is 6.40. The monoisotopic (exact) mass is 346 g/mol. The van der Waals surface area contributed by atoms with E-state index in [9.17, 15) is 0 Å². The highest BCUT2D eigenvalue weighted by molar-refractivity contribution is 5.49. The second-order valence-electron chi connectivity index (χ2n) is 6.19. The maximum atomic E-state index is 6.30. The Morgan fingerprint density at radius 3 is 2.56 bits per heavy atom. The van der Waals surface area contributed by atoms with Crippen molar-refractivity contribution in [3.05, 3.63) is 54.6 Å². The minimum Gasteiger partial charge on any atom is -0.355 e. The highest BCUT2D eigenvalue weighted by atomic mass is 16.7. The molecule has 0 aromatic heterocycles. The van der Waals surface area contributed by atoms with Crippen LogP contribution < -0.4 is 0 Å². The zero-order chi connectivity index (χ0) is 17.9. The Morgan fingerprint density at radius 1 is 1.20 bits per heavy atom. The second kappa shape index (κ2) is 11.2. The summed E-state index contributed by atoms with van der Waals surface area (Å²) >= 11 is 0. The molecule has 0 N–H and O–H groups in total. The first kappa shape index (κ1) is 19.9. The van der Waals surface area contributed by atoms with Gasteiger partial charge in [0, 0.05) is 26.7 Å². The SMILES string of the molecule is C=CC[C@H](C(OC)OC)[C@H](/C=C/c1ccccc1)OC1CCCCO1. The van der Waals surface area contributed by atoms with E-state index >= 15 is 0 Å². The quantitative estimate of drug-likeness (QED) is 0.464. The normalized spacial score (nSPS) is 20.7. The molecule has 138 valence electrons. The van der Waals surface area contributed by atoms with Gasteiger partial charge in [0.2, 0.25) is 0 Å². The predicted molar refractivity (Wildman–Crippen MR) is 100 cm³/mol. The summed E-state index contributed by atoms with van der Waals surface area (Å²) in [4.78, 5) is 0. The fraction of sp³-hybridized carbons (Fsp3) is 0.524. The minimum atomic E-state index is -0.369. The molecule has 1 aromatic rings. The van der Waals surface area contributed by atoms with E-state index in [2.05, 4.69) is 30.9 Å². The number of rotatable bonds is 10. The predicted octanol–water partition coefficient (Wildman–Crippen LogP) is 4.42. The van der Waals surface area contributed by atoms with Crippen LogP contribution in [0.15, 0.2) is 49.1 Å². The highest BCUT2D eigenvalue weighted by Crippen LogP contribution is 2.26. The van der Waals surface area contributed by atoms with E-state index in [1.807, 2.05) is 24.3 Å². The lowest BCUT2D eigenvalue weighted by molar-refractivity contribution is -0.217. The van der Waals surface area contributed by atoms with Gasteiger partial charge in [0.1, 0.15) is 0 Å². The summed E-state index contributed by atoms with van der Waals surface area (Å²) in [5.41, 5.74) is 1.13. The molecule has 1 aromatic carbocycles. The van der Waals surface area contributed by atoms with Crippen LogP contribution in [0, 0.1) is 5.92 Å². The van der Waals surface area contributed by atoms with E-state index < -0.39 is 0 Å². The molecule has 1 saturated heterocycles. The van der Waals surface area contributed by atoms with Crippen LogP contribution in [0.1, 0.15) is 31.2 Å². The Kier molecular flexibility index (Phi) is 8.91. The van der Waals surface area contributed by atoms with Crippen molar-refractivity contribution in [3.8, 4) is 0 Å². The first-order valence-corrected chi connectivity index (χ1v) is 8.95. The molecule has 1 heterocycles. The third-order valence-electron chi connectivity index (χ3n) is 4.40. The van der Waals surface area contributed by atoms with Gasteiger partial charge in [-0.3, -0.25) is 0 Å². The van der Waals surface area contributed by atoms with E-state index in [1.165, 1.54) is 0 Å². The summed E-state index contributed by atoms with van der Waals surface area (Å²) in [7, 11) is 3.30. The van der Waals surface area contributed by atoms with Crippen LogP contribution in [-0.4, -0.2) is 39.5 Å². The maximum Gasteiger partial charge on any atom is 0.162 e. The molecule has 1 aliphatic heterocycles. The van der Waals surface area contributed by atoms with Crippen molar-refractivity contribution in [1.82, 2.24) is 0 Å². The molecule has 4 nitrogen and oxygen atoms in total. The standard InChI is InChI=1S/C21H30O4/c1-4-10-18(21(22-2)23-3)19(25-20-13-8-9-16-24-20)15-14-17-11-6-5-7-12-17/h4-7,11-12,14-15,18-21H,1,8-10,13,16H2,2-3H3/b15-14+/t18-,19-,20?/m0/s1. The summed E-state index contributed by atoms with van der Waals surface area (Å²) in [6, 6.07) is 10.2. The molecule has 1 fully saturated rings. The van der Waals surface area contributed by atoms with Gasteiger partial charge in [0.25, 0.3) is 0 Å². The maximum absolute atomic E-state index is 6.30. The smallest absolute Gasteiger partial charge is 0.162 e.